The van der Waals surface area contributed by atoms with E-state index in [1.807, 2.05) is 0 Å². The second kappa shape index (κ2) is 9.92. The Kier molecular flexibility index (Phi) is 7.04. The summed E-state index contributed by atoms with van der Waals surface area (Å²) >= 11 is 0. The van der Waals surface area contributed by atoms with Crippen LogP contribution in [-0.2, 0) is 0 Å². The number of unbranched alkanes of at least 4 members (excludes halogenated alkanes) is 1. The number of hydrogen-bond acceptors (Lipinski definition) is 4. The molecule has 1 radical (unpaired) electrons. The third-order valence-corrected chi connectivity index (χ3v) is 7.29. The van der Waals surface area contributed by atoms with Crippen molar-refractivity contribution in [3.63, 3.8) is 0 Å². The van der Waals surface area contributed by atoms with Crippen molar-refractivity contribution in [2.24, 2.45) is 15.4 Å². The van der Waals surface area contributed by atoms with Crippen LogP contribution in [0.1, 0.15) is 77.6 Å². The molecular formula is C25H36N5. The Hall–Kier alpha value is -1.93. The van der Waals surface area contributed by atoms with Gasteiger partial charge in [0, 0.05) is 12.6 Å². The number of rotatable bonds is 5. The van der Waals surface area contributed by atoms with E-state index in [0.29, 0.717) is 6.04 Å². The number of hydrogen-bond donors (Lipinski definition) is 1. The third kappa shape index (κ3) is 4.25. The average Bonchev–Trinajstić information content (AvgIpc) is 3.18. The predicted octanol–water partition coefficient (Wildman–Crippen LogP) is 4.93. The second-order valence-electron chi connectivity index (χ2n) is 9.21. The number of allylic oxidation sites excluding steroid dienone is 2. The lowest BCUT2D eigenvalue weighted by molar-refractivity contribution is 0.183. The highest BCUT2D eigenvalue weighted by Gasteiger charge is 2.51. The molecule has 1 N–H and O–H groups in total. The molecule has 2 heterocycles. The van der Waals surface area contributed by atoms with Crippen LogP contribution >= 0.6 is 0 Å². The summed E-state index contributed by atoms with van der Waals surface area (Å²) in [7, 11) is 0. The highest BCUT2D eigenvalue weighted by Crippen LogP contribution is 2.43. The molecule has 2 aliphatic heterocycles. The van der Waals surface area contributed by atoms with Gasteiger partial charge in [-0.1, -0.05) is 70.1 Å². The number of nitrogens with zero attached hydrogens (tertiary/aromatic N) is 4. The van der Waals surface area contributed by atoms with E-state index < -0.39 is 0 Å². The van der Waals surface area contributed by atoms with Crippen LogP contribution in [0, 0.1) is 23.3 Å². The molecule has 0 aromatic rings. The van der Waals surface area contributed by atoms with Crippen LogP contribution in [0.5, 0.6) is 0 Å². The van der Waals surface area contributed by atoms with Gasteiger partial charge in [0.15, 0.2) is 0 Å². The minimum absolute atomic E-state index is 0.0556. The first-order chi connectivity index (χ1) is 14.8. The van der Waals surface area contributed by atoms with Gasteiger partial charge in [-0.25, -0.2) is 0 Å². The smallest absolute Gasteiger partial charge is 0.207 e. The summed E-state index contributed by atoms with van der Waals surface area (Å²) in [4.78, 5) is 12.2. The summed E-state index contributed by atoms with van der Waals surface area (Å²) in [6, 6.07) is 0.676. The summed E-state index contributed by atoms with van der Waals surface area (Å²) in [5.74, 6) is 0.976. The first-order valence-electron chi connectivity index (χ1n) is 12.1. The molecule has 2 aliphatic carbocycles. The lowest BCUT2D eigenvalue weighted by atomic mass is 9.71. The Balaban J connectivity index is 1.68. The number of fused-ring (bicyclic) bond motifs is 1. The molecule has 4 rings (SSSR count). The van der Waals surface area contributed by atoms with Gasteiger partial charge in [-0.2, -0.15) is 10.3 Å². The minimum atomic E-state index is -0.307. The second-order valence-corrected chi connectivity index (χ2v) is 9.21. The molecular weight excluding hydrogens is 370 g/mol. The number of amidine groups is 1. The molecule has 2 fully saturated rings. The molecule has 5 nitrogen and oxygen atoms in total. The highest BCUT2D eigenvalue weighted by atomic mass is 15.3. The zero-order valence-electron chi connectivity index (χ0n) is 18.4. The van der Waals surface area contributed by atoms with E-state index in [2.05, 4.69) is 59.1 Å². The van der Waals surface area contributed by atoms with Crippen molar-refractivity contribution in [3.8, 4) is 6.19 Å². The molecule has 5 heteroatoms. The SMILES string of the molecule is CCCCC1(C2N=C3C=CC=CC3N2)[CH]CCN(C2CCCCCCC2)C1=NC#N. The lowest BCUT2D eigenvalue weighted by Gasteiger charge is -2.49. The van der Waals surface area contributed by atoms with Gasteiger partial charge < -0.3 is 4.90 Å². The van der Waals surface area contributed by atoms with Gasteiger partial charge in [-0.3, -0.25) is 10.3 Å². The standard InChI is InChI=1S/C25H36N5/c1-2-3-16-25(23-28-21-14-9-10-15-22(21)29-23)17-11-18-30(24(25)27-19-26)20-12-7-5-4-6-8-13-20/h9-10,14-15,17,20-21,23,28H,2-8,11-13,16,18H2,1H3. The van der Waals surface area contributed by atoms with Gasteiger partial charge in [0.2, 0.25) is 6.19 Å². The Labute approximate surface area is 182 Å². The first-order valence-corrected chi connectivity index (χ1v) is 12.1. The normalized spacial score (nSPS) is 33.7. The van der Waals surface area contributed by atoms with Crippen LogP contribution in [0.3, 0.4) is 0 Å². The van der Waals surface area contributed by atoms with Gasteiger partial charge in [0.1, 0.15) is 12.0 Å². The number of nitriles is 1. The first kappa shape index (κ1) is 21.3. The number of likely N-dealkylation sites (tertiary alicyclic amines) is 1. The van der Waals surface area contributed by atoms with Crippen LogP contribution in [0.25, 0.3) is 0 Å². The molecule has 30 heavy (non-hydrogen) atoms. The fourth-order valence-electron chi connectivity index (χ4n) is 5.71. The molecule has 0 bridgehead atoms. The van der Waals surface area contributed by atoms with Crippen molar-refractivity contribution in [1.29, 1.82) is 5.26 Å². The monoisotopic (exact) mass is 406 g/mol. The molecule has 3 unspecified atom stereocenters. The van der Waals surface area contributed by atoms with Gasteiger partial charge in [0.05, 0.1) is 17.2 Å². The predicted molar refractivity (Wildman–Crippen MR) is 123 cm³/mol. The van der Waals surface area contributed by atoms with Crippen LogP contribution in [-0.4, -0.2) is 41.2 Å². The quantitative estimate of drug-likeness (QED) is 0.658. The van der Waals surface area contributed by atoms with Crippen LogP contribution in [0.4, 0.5) is 0 Å². The number of piperidine rings is 1. The largest absolute Gasteiger partial charge is 0.356 e. The van der Waals surface area contributed by atoms with Gasteiger partial charge in [-0.15, -0.1) is 0 Å². The molecule has 161 valence electrons. The molecule has 0 aromatic heterocycles. The summed E-state index contributed by atoms with van der Waals surface area (Å²) in [6.45, 7) is 3.22. The van der Waals surface area contributed by atoms with Crippen molar-refractivity contribution in [3.05, 3.63) is 30.7 Å². The Bertz CT molecular complexity index is 750. The Morgan fingerprint density at radius 1 is 1.23 bits per heavy atom. The van der Waals surface area contributed by atoms with Crippen LogP contribution in [0.15, 0.2) is 34.3 Å². The topological polar surface area (TPSA) is 63.8 Å². The van der Waals surface area contributed by atoms with E-state index in [1.54, 1.807) is 0 Å². The highest BCUT2D eigenvalue weighted by molar-refractivity contribution is 6.04. The van der Waals surface area contributed by atoms with Gasteiger partial charge in [0.25, 0.3) is 0 Å². The van der Waals surface area contributed by atoms with E-state index in [9.17, 15) is 5.26 Å². The maximum atomic E-state index is 9.69. The van der Waals surface area contributed by atoms with Crippen molar-refractivity contribution in [1.82, 2.24) is 10.2 Å². The fourth-order valence-corrected chi connectivity index (χ4v) is 5.71. The third-order valence-electron chi connectivity index (χ3n) is 7.29. The zero-order chi connectivity index (χ0) is 20.8. The van der Waals surface area contributed by atoms with E-state index in [0.717, 1.165) is 43.8 Å². The molecule has 3 atom stereocenters. The fraction of sp³-hybridized carbons (Fsp3) is 0.680. The summed E-state index contributed by atoms with van der Waals surface area (Å²) in [5, 5.41) is 13.4. The van der Waals surface area contributed by atoms with E-state index in [4.69, 9.17) is 4.99 Å². The molecule has 0 aromatic carbocycles. The summed E-state index contributed by atoms with van der Waals surface area (Å²) in [6.07, 6.45) is 26.3. The Morgan fingerprint density at radius 2 is 2.03 bits per heavy atom. The number of aliphatic imine (C=N–C) groups is 2. The average molecular weight is 407 g/mol. The van der Waals surface area contributed by atoms with Crippen molar-refractivity contribution in [2.75, 3.05) is 6.54 Å². The molecule has 1 saturated carbocycles. The van der Waals surface area contributed by atoms with Gasteiger partial charge >= 0.3 is 0 Å². The maximum absolute atomic E-state index is 9.69. The maximum Gasteiger partial charge on any atom is 0.207 e. The molecule has 0 spiro atoms. The van der Waals surface area contributed by atoms with Crippen molar-refractivity contribution < 1.29 is 0 Å². The van der Waals surface area contributed by atoms with E-state index in [-0.39, 0.29) is 17.6 Å². The van der Waals surface area contributed by atoms with Crippen LogP contribution < -0.4 is 5.32 Å². The summed E-state index contributed by atoms with van der Waals surface area (Å²) < 4.78 is 0. The lowest BCUT2D eigenvalue weighted by Crippen LogP contribution is -2.60. The van der Waals surface area contributed by atoms with Gasteiger partial charge in [-0.05, 0) is 38.2 Å². The number of nitrogens with one attached hydrogen (secondary N) is 1. The van der Waals surface area contributed by atoms with E-state index >= 15 is 0 Å². The summed E-state index contributed by atoms with van der Waals surface area (Å²) in [5.41, 5.74) is 0.796. The van der Waals surface area contributed by atoms with Crippen molar-refractivity contribution >= 4 is 11.5 Å². The Morgan fingerprint density at radius 3 is 2.77 bits per heavy atom. The van der Waals surface area contributed by atoms with Crippen molar-refractivity contribution in [2.45, 2.75) is 95.8 Å². The minimum Gasteiger partial charge on any atom is -0.356 e. The molecule has 0 amide bonds. The molecule has 4 aliphatic rings. The van der Waals surface area contributed by atoms with E-state index in [1.165, 1.54) is 44.9 Å². The molecule has 1 saturated heterocycles. The zero-order valence-corrected chi connectivity index (χ0v) is 18.4. The van der Waals surface area contributed by atoms with Crippen LogP contribution in [0.2, 0.25) is 0 Å².